The van der Waals surface area contributed by atoms with Crippen LogP contribution in [0.25, 0.3) is 0 Å². The molecule has 1 aromatic heterocycles. The molecule has 0 saturated heterocycles. The molecule has 0 bridgehead atoms. The maximum absolute atomic E-state index is 5.58. The van der Waals surface area contributed by atoms with E-state index in [2.05, 4.69) is 35.5 Å². The van der Waals surface area contributed by atoms with E-state index in [-0.39, 0.29) is 0 Å². The minimum absolute atomic E-state index is 0.477. The Morgan fingerprint density at radius 3 is 2.71 bits per heavy atom. The fourth-order valence-corrected chi connectivity index (χ4v) is 1.38. The number of rotatable bonds is 5. The summed E-state index contributed by atoms with van der Waals surface area (Å²) in [5.74, 6) is 2.15. The molecule has 0 aliphatic rings. The zero-order valence-corrected chi connectivity index (χ0v) is 9.27. The van der Waals surface area contributed by atoms with Crippen molar-refractivity contribution in [2.24, 2.45) is 17.6 Å². The van der Waals surface area contributed by atoms with Gasteiger partial charge >= 0.3 is 0 Å². The van der Waals surface area contributed by atoms with Gasteiger partial charge in [0.05, 0.1) is 0 Å². The van der Waals surface area contributed by atoms with Crippen LogP contribution >= 0.6 is 0 Å². The van der Waals surface area contributed by atoms with Crippen molar-refractivity contribution in [3.8, 4) is 0 Å². The Kier molecular flexibility index (Phi) is 4.07. The third-order valence-corrected chi connectivity index (χ3v) is 2.19. The van der Waals surface area contributed by atoms with Gasteiger partial charge in [0, 0.05) is 13.0 Å². The number of nitrogens with two attached hydrogens (primary N) is 1. The smallest absolute Gasteiger partial charge is 0.133 e. The predicted octanol–water partition coefficient (Wildman–Crippen LogP) is 1.07. The van der Waals surface area contributed by atoms with Crippen molar-refractivity contribution in [1.29, 1.82) is 0 Å². The molecule has 1 atom stereocenters. The lowest BCUT2D eigenvalue weighted by Gasteiger charge is -2.11. The lowest BCUT2D eigenvalue weighted by molar-refractivity contribution is 0.483. The van der Waals surface area contributed by atoms with Gasteiger partial charge in [0.1, 0.15) is 12.2 Å². The van der Waals surface area contributed by atoms with Gasteiger partial charge in [-0.25, -0.2) is 0 Å². The summed E-state index contributed by atoms with van der Waals surface area (Å²) in [7, 11) is 0. The molecule has 2 N–H and O–H groups in total. The summed E-state index contributed by atoms with van der Waals surface area (Å²) in [5.41, 5.74) is 5.58. The minimum Gasteiger partial charge on any atom is -0.330 e. The van der Waals surface area contributed by atoms with Crippen LogP contribution in [0.5, 0.6) is 0 Å². The average molecular weight is 196 g/mol. The van der Waals surface area contributed by atoms with Crippen molar-refractivity contribution in [1.82, 2.24) is 14.8 Å². The van der Waals surface area contributed by atoms with E-state index in [0.29, 0.717) is 18.4 Å². The first kappa shape index (κ1) is 11.2. The molecular formula is C10H20N4. The van der Waals surface area contributed by atoms with Crippen molar-refractivity contribution < 1.29 is 0 Å². The van der Waals surface area contributed by atoms with Gasteiger partial charge in [0.2, 0.25) is 0 Å². The highest BCUT2D eigenvalue weighted by molar-refractivity contribution is 4.88. The van der Waals surface area contributed by atoms with Crippen LogP contribution in [0.15, 0.2) is 6.33 Å². The van der Waals surface area contributed by atoms with Crippen molar-refractivity contribution in [2.75, 3.05) is 6.54 Å². The van der Waals surface area contributed by atoms with E-state index in [4.69, 9.17) is 5.73 Å². The highest BCUT2D eigenvalue weighted by Gasteiger charge is 2.09. The first-order chi connectivity index (χ1) is 6.63. The number of hydrogen-bond donors (Lipinski definition) is 1. The van der Waals surface area contributed by atoms with Gasteiger partial charge in [-0.1, -0.05) is 20.8 Å². The molecule has 0 aromatic carbocycles. The van der Waals surface area contributed by atoms with Crippen molar-refractivity contribution >= 4 is 0 Å². The molecule has 0 aliphatic heterocycles. The Morgan fingerprint density at radius 2 is 2.14 bits per heavy atom. The molecule has 0 spiro atoms. The van der Waals surface area contributed by atoms with Crippen LogP contribution in [0.2, 0.25) is 0 Å². The minimum atomic E-state index is 0.477. The van der Waals surface area contributed by atoms with Crippen LogP contribution in [0.4, 0.5) is 0 Å². The summed E-state index contributed by atoms with van der Waals surface area (Å²) in [6.45, 7) is 8.20. The summed E-state index contributed by atoms with van der Waals surface area (Å²) in [6, 6.07) is 0. The van der Waals surface area contributed by atoms with E-state index < -0.39 is 0 Å². The second-order valence-electron chi connectivity index (χ2n) is 4.34. The van der Waals surface area contributed by atoms with Gasteiger partial charge in [0.15, 0.2) is 0 Å². The van der Waals surface area contributed by atoms with E-state index in [1.807, 2.05) is 0 Å². The van der Waals surface area contributed by atoms with Crippen LogP contribution < -0.4 is 5.73 Å². The molecular weight excluding hydrogens is 176 g/mol. The zero-order valence-electron chi connectivity index (χ0n) is 9.27. The summed E-state index contributed by atoms with van der Waals surface area (Å²) >= 11 is 0. The molecule has 14 heavy (non-hydrogen) atoms. The fourth-order valence-electron chi connectivity index (χ4n) is 1.38. The average Bonchev–Trinajstić information content (AvgIpc) is 2.52. The lowest BCUT2D eigenvalue weighted by Crippen LogP contribution is -2.17. The molecule has 1 unspecified atom stereocenters. The molecule has 0 saturated carbocycles. The van der Waals surface area contributed by atoms with Gasteiger partial charge in [-0.3, -0.25) is 0 Å². The molecule has 0 aliphatic carbocycles. The Labute approximate surface area is 85.5 Å². The van der Waals surface area contributed by atoms with Gasteiger partial charge < -0.3 is 10.3 Å². The fraction of sp³-hybridized carbons (Fsp3) is 0.800. The van der Waals surface area contributed by atoms with Crippen LogP contribution in [0, 0.1) is 11.8 Å². The number of aromatic nitrogens is 3. The monoisotopic (exact) mass is 196 g/mol. The second kappa shape index (κ2) is 5.10. The molecule has 0 fully saturated rings. The van der Waals surface area contributed by atoms with Crippen LogP contribution in [0.3, 0.4) is 0 Å². The standard InChI is InChI=1S/C10H20N4/c1-8(2)6-14-7-12-13-10(14)4-9(3)5-11/h7-9H,4-6,11H2,1-3H3. The maximum Gasteiger partial charge on any atom is 0.133 e. The lowest BCUT2D eigenvalue weighted by atomic mass is 10.1. The van der Waals surface area contributed by atoms with Gasteiger partial charge in [-0.2, -0.15) is 0 Å². The van der Waals surface area contributed by atoms with Crippen LogP contribution in [-0.2, 0) is 13.0 Å². The third kappa shape index (κ3) is 3.10. The largest absolute Gasteiger partial charge is 0.330 e. The van der Waals surface area contributed by atoms with Gasteiger partial charge in [-0.15, -0.1) is 10.2 Å². The second-order valence-corrected chi connectivity index (χ2v) is 4.34. The number of nitrogens with zero attached hydrogens (tertiary/aromatic N) is 3. The summed E-state index contributed by atoms with van der Waals surface area (Å²) in [6.07, 6.45) is 2.72. The van der Waals surface area contributed by atoms with Gasteiger partial charge in [-0.05, 0) is 18.4 Å². The molecule has 1 rings (SSSR count). The summed E-state index contributed by atoms with van der Waals surface area (Å²) in [4.78, 5) is 0. The third-order valence-electron chi connectivity index (χ3n) is 2.19. The summed E-state index contributed by atoms with van der Waals surface area (Å²) < 4.78 is 2.12. The predicted molar refractivity (Wildman–Crippen MR) is 56.8 cm³/mol. The molecule has 80 valence electrons. The Bertz CT molecular complexity index is 267. The van der Waals surface area contributed by atoms with Gasteiger partial charge in [0.25, 0.3) is 0 Å². The highest BCUT2D eigenvalue weighted by atomic mass is 15.3. The maximum atomic E-state index is 5.58. The first-order valence-corrected chi connectivity index (χ1v) is 5.20. The number of hydrogen-bond acceptors (Lipinski definition) is 3. The van der Waals surface area contributed by atoms with Crippen molar-refractivity contribution in [2.45, 2.75) is 33.7 Å². The van der Waals surface area contributed by atoms with E-state index in [0.717, 1.165) is 18.8 Å². The first-order valence-electron chi connectivity index (χ1n) is 5.20. The molecule has 4 heteroatoms. The van der Waals surface area contributed by atoms with Crippen molar-refractivity contribution in [3.63, 3.8) is 0 Å². The molecule has 1 heterocycles. The van der Waals surface area contributed by atoms with E-state index >= 15 is 0 Å². The molecule has 0 amide bonds. The Morgan fingerprint density at radius 1 is 1.43 bits per heavy atom. The Balaban J connectivity index is 2.62. The molecule has 0 radical (unpaired) electrons. The highest BCUT2D eigenvalue weighted by Crippen LogP contribution is 2.07. The van der Waals surface area contributed by atoms with E-state index in [1.165, 1.54) is 0 Å². The molecule has 4 nitrogen and oxygen atoms in total. The molecule has 1 aromatic rings. The van der Waals surface area contributed by atoms with E-state index in [1.54, 1.807) is 6.33 Å². The van der Waals surface area contributed by atoms with Crippen molar-refractivity contribution in [3.05, 3.63) is 12.2 Å². The zero-order chi connectivity index (χ0) is 10.6. The van der Waals surface area contributed by atoms with Crippen LogP contribution in [-0.4, -0.2) is 21.3 Å². The quantitative estimate of drug-likeness (QED) is 0.766. The van der Waals surface area contributed by atoms with Crippen LogP contribution in [0.1, 0.15) is 26.6 Å². The summed E-state index contributed by atoms with van der Waals surface area (Å²) in [5, 5.41) is 8.05. The van der Waals surface area contributed by atoms with E-state index in [9.17, 15) is 0 Å². The normalized spacial score (nSPS) is 13.5. The Hall–Kier alpha value is -0.900. The SMILES string of the molecule is CC(C)Cn1cnnc1CC(C)CN. The topological polar surface area (TPSA) is 56.7 Å².